The molecule has 1 saturated carbocycles. The van der Waals surface area contributed by atoms with Crippen molar-refractivity contribution in [3.63, 3.8) is 0 Å². The molecule has 3 N–H and O–H groups in total. The zero-order chi connectivity index (χ0) is 11.5. The van der Waals surface area contributed by atoms with Crippen LogP contribution in [0.2, 0.25) is 0 Å². The largest absolute Gasteiger partial charge is 0.374 e. The maximum absolute atomic E-state index is 11.9. The van der Waals surface area contributed by atoms with Crippen LogP contribution in [0.1, 0.15) is 32.6 Å². The van der Waals surface area contributed by atoms with Gasteiger partial charge in [-0.15, -0.1) is 10.2 Å². The van der Waals surface area contributed by atoms with E-state index < -0.39 is 0 Å². The lowest BCUT2D eigenvalue weighted by atomic mass is 9.82. The number of nitrogens with zero attached hydrogens (tertiary/aromatic N) is 2. The fraction of sp³-hybridized carbons (Fsp3) is 0.700. The Labute approximate surface area is 98.4 Å². The summed E-state index contributed by atoms with van der Waals surface area (Å²) in [7, 11) is 0. The minimum atomic E-state index is 0.0584. The summed E-state index contributed by atoms with van der Waals surface area (Å²) in [4.78, 5) is 11.9. The molecule has 1 fully saturated rings. The molecule has 1 amide bonds. The van der Waals surface area contributed by atoms with Crippen LogP contribution < -0.4 is 11.1 Å². The number of carbonyl (C=O) groups excluding carboxylic acids is 1. The highest BCUT2D eigenvalue weighted by atomic mass is 32.1. The van der Waals surface area contributed by atoms with Crippen LogP contribution >= 0.6 is 11.3 Å². The van der Waals surface area contributed by atoms with Gasteiger partial charge < -0.3 is 11.1 Å². The molecule has 0 saturated heterocycles. The van der Waals surface area contributed by atoms with Gasteiger partial charge in [0.15, 0.2) is 0 Å². The Kier molecular flexibility index (Phi) is 3.38. The number of carbonyl (C=O) groups is 1. The molecule has 1 aromatic rings. The van der Waals surface area contributed by atoms with E-state index in [2.05, 4.69) is 22.4 Å². The molecule has 0 aliphatic heterocycles. The molecule has 5 nitrogen and oxygen atoms in total. The fourth-order valence-electron chi connectivity index (χ4n) is 2.01. The van der Waals surface area contributed by atoms with Crippen molar-refractivity contribution in [3.05, 3.63) is 0 Å². The summed E-state index contributed by atoms with van der Waals surface area (Å²) in [6, 6.07) is 0. The summed E-state index contributed by atoms with van der Waals surface area (Å²) >= 11 is 1.20. The van der Waals surface area contributed by atoms with E-state index in [0.717, 1.165) is 31.6 Å². The van der Waals surface area contributed by atoms with Crippen LogP contribution in [-0.2, 0) is 4.79 Å². The van der Waals surface area contributed by atoms with Crippen LogP contribution in [0.15, 0.2) is 0 Å². The van der Waals surface area contributed by atoms with Crippen LogP contribution in [0.5, 0.6) is 0 Å². The summed E-state index contributed by atoms with van der Waals surface area (Å²) in [6.07, 6.45) is 4.22. The first kappa shape index (κ1) is 11.3. The van der Waals surface area contributed by atoms with Crippen molar-refractivity contribution in [2.75, 3.05) is 11.1 Å². The standard InChI is InChI=1S/C10H16N4OS/c1-6-2-4-7(5-3-6)8(15)12-10-14-13-9(11)16-10/h6-7H,2-5H2,1H3,(H2,11,13)(H,12,14,15). The van der Waals surface area contributed by atoms with E-state index in [1.165, 1.54) is 11.3 Å². The second kappa shape index (κ2) is 4.78. The van der Waals surface area contributed by atoms with Crippen molar-refractivity contribution < 1.29 is 4.79 Å². The number of hydrogen-bond acceptors (Lipinski definition) is 5. The third kappa shape index (κ3) is 2.69. The van der Waals surface area contributed by atoms with Crippen molar-refractivity contribution in [2.24, 2.45) is 11.8 Å². The normalized spacial score (nSPS) is 25.3. The molecule has 0 atom stereocenters. The lowest BCUT2D eigenvalue weighted by Crippen LogP contribution is -2.26. The quantitative estimate of drug-likeness (QED) is 0.827. The van der Waals surface area contributed by atoms with E-state index in [0.29, 0.717) is 10.3 Å². The highest BCUT2D eigenvalue weighted by Crippen LogP contribution is 2.29. The first-order chi connectivity index (χ1) is 7.65. The average molecular weight is 240 g/mol. The van der Waals surface area contributed by atoms with E-state index in [4.69, 9.17) is 5.73 Å². The summed E-state index contributed by atoms with van der Waals surface area (Å²) < 4.78 is 0. The van der Waals surface area contributed by atoms with Crippen molar-refractivity contribution in [1.82, 2.24) is 10.2 Å². The zero-order valence-electron chi connectivity index (χ0n) is 9.27. The fourth-order valence-corrected chi connectivity index (χ4v) is 2.53. The molecule has 16 heavy (non-hydrogen) atoms. The number of hydrogen-bond donors (Lipinski definition) is 2. The van der Waals surface area contributed by atoms with Crippen LogP contribution in [0, 0.1) is 11.8 Å². The molecule has 0 radical (unpaired) electrons. The predicted molar refractivity (Wildman–Crippen MR) is 64.1 cm³/mol. The summed E-state index contributed by atoms with van der Waals surface area (Å²) in [5, 5.41) is 11.1. The molecule has 0 unspecified atom stereocenters. The molecule has 1 heterocycles. The van der Waals surface area contributed by atoms with Gasteiger partial charge in [-0.1, -0.05) is 18.3 Å². The Bertz CT molecular complexity index is 371. The molecular weight excluding hydrogens is 224 g/mol. The van der Waals surface area contributed by atoms with Crippen molar-refractivity contribution in [2.45, 2.75) is 32.6 Å². The molecule has 88 valence electrons. The Morgan fingerprint density at radius 2 is 2.06 bits per heavy atom. The second-order valence-corrected chi connectivity index (χ2v) is 5.40. The molecule has 6 heteroatoms. The molecular formula is C10H16N4OS. The molecule has 0 spiro atoms. The van der Waals surface area contributed by atoms with Crippen molar-refractivity contribution in [1.29, 1.82) is 0 Å². The first-order valence-corrected chi connectivity index (χ1v) is 6.36. The van der Waals surface area contributed by atoms with Crippen molar-refractivity contribution >= 4 is 27.5 Å². The Morgan fingerprint density at radius 1 is 1.38 bits per heavy atom. The van der Waals surface area contributed by atoms with Gasteiger partial charge in [-0.3, -0.25) is 4.79 Å². The minimum Gasteiger partial charge on any atom is -0.374 e. The average Bonchev–Trinajstić information content (AvgIpc) is 2.65. The monoisotopic (exact) mass is 240 g/mol. The Balaban J connectivity index is 1.88. The van der Waals surface area contributed by atoms with E-state index in [1.807, 2.05) is 0 Å². The van der Waals surface area contributed by atoms with Gasteiger partial charge in [0.05, 0.1) is 0 Å². The number of anilines is 2. The van der Waals surface area contributed by atoms with Gasteiger partial charge in [0.2, 0.25) is 16.2 Å². The first-order valence-electron chi connectivity index (χ1n) is 5.55. The van der Waals surface area contributed by atoms with E-state index in [9.17, 15) is 4.79 Å². The predicted octanol–water partition coefficient (Wildman–Crippen LogP) is 1.89. The van der Waals surface area contributed by atoms with Gasteiger partial charge in [0.1, 0.15) is 0 Å². The number of amides is 1. The third-order valence-electron chi connectivity index (χ3n) is 3.06. The number of rotatable bonds is 2. The number of aromatic nitrogens is 2. The van der Waals surface area contributed by atoms with E-state index in [1.54, 1.807) is 0 Å². The minimum absolute atomic E-state index is 0.0584. The number of nitrogen functional groups attached to an aromatic ring is 1. The van der Waals surface area contributed by atoms with E-state index in [-0.39, 0.29) is 11.8 Å². The van der Waals surface area contributed by atoms with Gasteiger partial charge in [0.25, 0.3) is 0 Å². The molecule has 0 bridgehead atoms. The smallest absolute Gasteiger partial charge is 0.229 e. The van der Waals surface area contributed by atoms with Gasteiger partial charge in [-0.2, -0.15) is 0 Å². The number of nitrogens with one attached hydrogen (secondary N) is 1. The van der Waals surface area contributed by atoms with Crippen LogP contribution in [-0.4, -0.2) is 16.1 Å². The highest BCUT2D eigenvalue weighted by Gasteiger charge is 2.24. The summed E-state index contributed by atoms with van der Waals surface area (Å²) in [6.45, 7) is 2.24. The van der Waals surface area contributed by atoms with Gasteiger partial charge in [-0.05, 0) is 31.6 Å². The SMILES string of the molecule is CC1CCC(C(=O)Nc2nnc(N)s2)CC1. The third-order valence-corrected chi connectivity index (χ3v) is 3.73. The van der Waals surface area contributed by atoms with Crippen LogP contribution in [0.3, 0.4) is 0 Å². The highest BCUT2D eigenvalue weighted by molar-refractivity contribution is 7.18. The molecule has 1 aliphatic carbocycles. The Morgan fingerprint density at radius 3 is 2.62 bits per heavy atom. The number of nitrogens with two attached hydrogens (primary N) is 1. The maximum atomic E-state index is 11.9. The molecule has 2 rings (SSSR count). The van der Waals surface area contributed by atoms with Crippen molar-refractivity contribution in [3.8, 4) is 0 Å². The van der Waals surface area contributed by atoms with Crippen LogP contribution in [0.4, 0.5) is 10.3 Å². The molecule has 1 aromatic heterocycles. The Hall–Kier alpha value is -1.17. The van der Waals surface area contributed by atoms with E-state index >= 15 is 0 Å². The van der Waals surface area contributed by atoms with Gasteiger partial charge in [-0.25, -0.2) is 0 Å². The second-order valence-electron chi connectivity index (χ2n) is 4.39. The lowest BCUT2D eigenvalue weighted by molar-refractivity contribution is -0.121. The molecule has 1 aliphatic rings. The molecule has 0 aromatic carbocycles. The van der Waals surface area contributed by atoms with Gasteiger partial charge in [0, 0.05) is 5.92 Å². The summed E-state index contributed by atoms with van der Waals surface area (Å²) in [5.74, 6) is 0.936. The lowest BCUT2D eigenvalue weighted by Gasteiger charge is -2.24. The summed E-state index contributed by atoms with van der Waals surface area (Å²) in [5.41, 5.74) is 5.44. The van der Waals surface area contributed by atoms with Gasteiger partial charge >= 0.3 is 0 Å². The maximum Gasteiger partial charge on any atom is 0.229 e. The zero-order valence-corrected chi connectivity index (χ0v) is 10.1. The topological polar surface area (TPSA) is 80.9 Å². The van der Waals surface area contributed by atoms with Crippen LogP contribution in [0.25, 0.3) is 0 Å².